The Morgan fingerprint density at radius 1 is 0.296 bits per heavy atom. The van der Waals surface area contributed by atoms with E-state index in [9.17, 15) is 26.3 Å². The molecule has 0 saturated heterocycles. The van der Waals surface area contributed by atoms with Crippen LogP contribution in [0.1, 0.15) is 64.7 Å². The molecule has 0 amide bonds. The molecule has 0 aliphatic heterocycles. The van der Waals surface area contributed by atoms with Crippen molar-refractivity contribution in [3.63, 3.8) is 0 Å². The topological polar surface area (TPSA) is 373 Å². The number of aromatic amines is 2. The average molecular weight is 1830 g/mol. The number of rotatable bonds is 24. The number of pyridine rings is 1. The molecule has 0 aliphatic carbocycles. The van der Waals surface area contributed by atoms with E-state index in [1.54, 1.807) is 128 Å². The Kier molecular flexibility index (Phi) is 26.6. The number of hydrogen-bond donors (Lipinski definition) is 2. The Balaban J connectivity index is 0.000000118. The summed E-state index contributed by atoms with van der Waals surface area (Å²) in [4.78, 5) is 40.9. The number of halogens is 6. The number of H-pyrrole nitrogens is 2. The summed E-state index contributed by atoms with van der Waals surface area (Å²) < 4.78 is 162. The van der Waals surface area contributed by atoms with Crippen LogP contribution in [0.15, 0.2) is 290 Å². The Labute approximate surface area is 762 Å². The minimum Gasteiger partial charge on any atom is -0.490 e. The van der Waals surface area contributed by atoms with Crippen molar-refractivity contribution in [2.45, 2.75) is 67.7 Å². The molecule has 0 aliphatic rings. The van der Waals surface area contributed by atoms with E-state index in [4.69, 9.17) is 68.7 Å². The molecule has 21 rings (SSSR count). The Morgan fingerprint density at radius 3 is 0.993 bits per heavy atom. The van der Waals surface area contributed by atoms with Crippen LogP contribution < -0.4 is 28.4 Å². The maximum absolute atomic E-state index is 13.5. The van der Waals surface area contributed by atoms with Crippen molar-refractivity contribution in [2.75, 3.05) is 39.6 Å². The lowest BCUT2D eigenvalue weighted by Crippen LogP contribution is -2.04. The summed E-state index contributed by atoms with van der Waals surface area (Å²) in [5.41, 5.74) is 11.7. The van der Waals surface area contributed by atoms with Gasteiger partial charge in [-0.25, -0.2) is 9.97 Å². The van der Waals surface area contributed by atoms with Gasteiger partial charge in [0.25, 0.3) is 29.5 Å². The predicted molar refractivity (Wildman–Crippen MR) is 484 cm³/mol. The van der Waals surface area contributed by atoms with Crippen LogP contribution in [-0.4, -0.2) is 115 Å². The second-order valence-corrected chi connectivity index (χ2v) is 29.3. The fourth-order valence-electron chi connectivity index (χ4n) is 14.2. The number of furan rings is 4. The number of aromatic nitrogens is 15. The molecule has 0 radical (unpaired) electrons. The quantitative estimate of drug-likeness (QED) is 0.0531. The van der Waals surface area contributed by atoms with Crippen molar-refractivity contribution < 1.29 is 95.0 Å². The molecule has 135 heavy (non-hydrogen) atoms. The second-order valence-electron chi connectivity index (χ2n) is 29.3. The molecule has 21 aromatic rings. The van der Waals surface area contributed by atoms with Crippen LogP contribution in [0, 0.1) is 13.8 Å². The zero-order valence-corrected chi connectivity index (χ0v) is 73.1. The van der Waals surface area contributed by atoms with Crippen molar-refractivity contribution >= 4 is 44.0 Å². The third kappa shape index (κ3) is 20.7. The first-order valence-electron chi connectivity index (χ1n) is 42.4. The second kappa shape index (κ2) is 40.0. The Hall–Kier alpha value is -17.2. The van der Waals surface area contributed by atoms with Gasteiger partial charge in [0.1, 0.15) is 22.8 Å². The highest BCUT2D eigenvalue weighted by molar-refractivity contribution is 5.85. The highest BCUT2D eigenvalue weighted by Crippen LogP contribution is 2.46. The van der Waals surface area contributed by atoms with Gasteiger partial charge in [-0.05, 0) is 230 Å². The number of hydrogen-bond acceptors (Lipinski definition) is 28. The van der Waals surface area contributed by atoms with Gasteiger partial charge < -0.3 is 78.7 Å². The van der Waals surface area contributed by atoms with Crippen LogP contribution in [0.3, 0.4) is 0 Å². The Bertz CT molecular complexity index is 7600. The van der Waals surface area contributed by atoms with Crippen LogP contribution in [0.2, 0.25) is 0 Å². The van der Waals surface area contributed by atoms with Crippen LogP contribution in [0.4, 0.5) is 26.3 Å². The summed E-state index contributed by atoms with van der Waals surface area (Å²) in [5.74, 6) is 6.21. The van der Waals surface area contributed by atoms with Crippen molar-refractivity contribution in [2.24, 2.45) is 0 Å². The molecule has 0 atom stereocenters. The summed E-state index contributed by atoms with van der Waals surface area (Å²) in [6.07, 6.45) is -2.75. The normalized spacial score (nSPS) is 11.4. The van der Waals surface area contributed by atoms with Crippen molar-refractivity contribution in [1.82, 2.24) is 75.6 Å². The highest BCUT2D eigenvalue weighted by Gasteiger charge is 2.41. The summed E-state index contributed by atoms with van der Waals surface area (Å²) in [6, 6.07) is 65.2. The lowest BCUT2D eigenvalue weighted by atomic mass is 10.1. The minimum absolute atomic E-state index is 0.0901. The van der Waals surface area contributed by atoms with Crippen LogP contribution >= 0.6 is 0 Å². The minimum atomic E-state index is -4.67. The molecule has 0 saturated carbocycles. The van der Waals surface area contributed by atoms with E-state index < -0.39 is 23.9 Å². The number of nitrogens with one attached hydrogen (secondary N) is 2. The molecule has 12 heterocycles. The zero-order chi connectivity index (χ0) is 93.7. The predicted octanol–water partition coefficient (Wildman–Crippen LogP) is 25.2. The van der Waals surface area contributed by atoms with Crippen molar-refractivity contribution in [3.8, 4) is 171 Å². The molecule has 0 bridgehead atoms. The summed E-state index contributed by atoms with van der Waals surface area (Å²) >= 11 is 0. The number of aryl methyl sites for hydroxylation is 2. The maximum Gasteiger partial charge on any atom is 0.450 e. The molecule has 12 aromatic heterocycles. The van der Waals surface area contributed by atoms with E-state index in [0.29, 0.717) is 137 Å². The third-order valence-electron chi connectivity index (χ3n) is 20.1. The van der Waals surface area contributed by atoms with Gasteiger partial charge in [-0.3, -0.25) is 4.98 Å². The number of fused-ring (bicyclic) bond motifs is 4. The van der Waals surface area contributed by atoms with Crippen molar-refractivity contribution in [1.29, 1.82) is 0 Å². The number of nitrogens with zero attached hydrogens (tertiary/aromatic N) is 13. The Morgan fingerprint density at radius 2 is 0.615 bits per heavy atom. The van der Waals surface area contributed by atoms with Crippen LogP contribution in [-0.2, 0) is 12.4 Å². The van der Waals surface area contributed by atoms with Gasteiger partial charge in [0, 0.05) is 78.8 Å². The standard InChI is InChI=1S/C21H13F3N4O2.C21H11F3N2O3.C20H20N4O3.C20H18N2O4.C17H17N3O3/c1-11-25-15-8-7-13(9-16(15)26-11)19-27-20(30-28-19)17-10-14(12-5-3-2-4-6-12)18(29-17)21(22,23)24;22-21(23,24)18-15(12-4-2-1-3-5-12)11-17(28-18)20-25-19(26-29-20)14-6-7-16-13(10-14)8-9-27-16;1-4-25-17-9-7-14(11-18(17)26-5-2)20-23-19(24-27-20)13-6-8-15-16(10-13)22-12(3)21-15;1-3-23-17-8-6-15(12-18(17)24-4-2)20-21-19(22-26-20)14-5-7-16-13(11-14)9-10-25-16;1-3-21-14-6-5-13(11-15(14)22-4-2)16-19-17(23-20-16)12-7-9-18-10-8-12/h2-10H,1H3,(H,25,26);1-11H;6-11H,4-5H2,1-3H3,(H,21,22);5-12H,3-4H2,1-2H3;5-11H,3-4H2,1-2H3. The fourth-order valence-corrected chi connectivity index (χ4v) is 14.2. The van der Waals surface area contributed by atoms with Gasteiger partial charge >= 0.3 is 12.4 Å². The first-order valence-corrected chi connectivity index (χ1v) is 42.4. The van der Waals surface area contributed by atoms with E-state index in [1.807, 2.05) is 165 Å². The molecular formula is C99H79F6N15O15. The number of alkyl halides is 6. The molecule has 0 spiro atoms. The van der Waals surface area contributed by atoms with Gasteiger partial charge in [0.05, 0.1) is 74.2 Å². The number of ether oxygens (including phenoxy) is 6. The molecule has 9 aromatic carbocycles. The van der Waals surface area contributed by atoms with E-state index in [0.717, 1.165) is 83.5 Å². The van der Waals surface area contributed by atoms with E-state index in [1.165, 1.54) is 12.1 Å². The summed E-state index contributed by atoms with van der Waals surface area (Å²) in [6.45, 7) is 18.7. The van der Waals surface area contributed by atoms with Gasteiger partial charge in [0.2, 0.25) is 40.6 Å². The van der Waals surface area contributed by atoms with Gasteiger partial charge in [-0.2, -0.15) is 51.3 Å². The highest BCUT2D eigenvalue weighted by atomic mass is 19.4. The molecular weight excluding hydrogens is 1750 g/mol. The molecule has 2 N–H and O–H groups in total. The van der Waals surface area contributed by atoms with Crippen LogP contribution in [0.5, 0.6) is 34.5 Å². The molecule has 30 nitrogen and oxygen atoms in total. The van der Waals surface area contributed by atoms with Gasteiger partial charge in [-0.1, -0.05) is 86.4 Å². The maximum atomic E-state index is 13.5. The molecule has 0 fully saturated rings. The molecule has 682 valence electrons. The lowest BCUT2D eigenvalue weighted by molar-refractivity contribution is -0.152. The first kappa shape index (κ1) is 89.8. The summed E-state index contributed by atoms with van der Waals surface area (Å²) in [7, 11) is 0. The summed E-state index contributed by atoms with van der Waals surface area (Å²) in [5, 5.41) is 21.9. The average Bonchev–Trinajstić information content (AvgIpc) is 1.63. The van der Waals surface area contributed by atoms with Gasteiger partial charge in [0.15, 0.2) is 46.0 Å². The zero-order valence-electron chi connectivity index (χ0n) is 73.1. The fraction of sp³-hybridized carbons (Fsp3) is 0.162. The molecule has 0 unspecified atom stereocenters. The number of imidazole rings is 2. The first-order chi connectivity index (χ1) is 65.6. The SMILES string of the molecule is CCOc1ccc(-c2nc(-c3ccc4nc(C)[nH]c4c3)no2)cc1OCC.CCOc1ccc(-c2nc(-c3ccc4occc4c3)no2)cc1OCC.CCOc1ccc(-c2noc(-c3ccncc3)n2)cc1OCC.Cc1nc2ccc(-c3noc(-c4cc(-c5ccccc5)c(C(F)(F)F)o4)n3)cc2[nH]1.FC(F)(F)c1oc(-c2nc(-c3ccc4occc4c3)no2)cc1-c1ccccc1. The van der Waals surface area contributed by atoms with E-state index in [2.05, 4.69) is 75.6 Å². The number of benzene rings is 9. The smallest absolute Gasteiger partial charge is 0.450 e. The third-order valence-corrected chi connectivity index (χ3v) is 20.1. The van der Waals surface area contributed by atoms with E-state index in [-0.39, 0.29) is 46.1 Å². The van der Waals surface area contributed by atoms with E-state index >= 15 is 0 Å². The largest absolute Gasteiger partial charge is 0.490 e. The van der Waals surface area contributed by atoms with Gasteiger partial charge in [-0.15, -0.1) is 0 Å². The van der Waals surface area contributed by atoms with Crippen LogP contribution in [0.25, 0.3) is 181 Å². The lowest BCUT2D eigenvalue weighted by Gasteiger charge is -2.11. The monoisotopic (exact) mass is 1830 g/mol. The molecule has 36 heteroatoms. The van der Waals surface area contributed by atoms with Crippen molar-refractivity contribution in [3.05, 3.63) is 273 Å².